The molecule has 1 atom stereocenters. The van der Waals surface area contributed by atoms with Gasteiger partial charge in [-0.05, 0) is 37.0 Å². The first-order valence-electron chi connectivity index (χ1n) is 7.91. The highest BCUT2D eigenvalue weighted by Gasteiger charge is 2.68. The number of ether oxygens (including phenoxy) is 1. The molecule has 2 fully saturated rings. The van der Waals surface area contributed by atoms with Crippen molar-refractivity contribution in [1.82, 2.24) is 10.1 Å². The van der Waals surface area contributed by atoms with Crippen LogP contribution < -0.4 is 5.73 Å². The number of aromatic nitrogens is 2. The van der Waals surface area contributed by atoms with E-state index in [1.54, 1.807) is 0 Å². The van der Waals surface area contributed by atoms with Gasteiger partial charge in [-0.25, -0.2) is 0 Å². The SMILES string of the molecule is CC(N)(COC1CCC1)c1noc(C2C(C)(C)C2(C)C)n1. The van der Waals surface area contributed by atoms with Crippen LogP contribution in [0.2, 0.25) is 0 Å². The molecule has 0 radical (unpaired) electrons. The zero-order valence-electron chi connectivity index (χ0n) is 13.8. The zero-order valence-corrected chi connectivity index (χ0v) is 13.8. The van der Waals surface area contributed by atoms with Crippen molar-refractivity contribution in [2.24, 2.45) is 16.6 Å². The van der Waals surface area contributed by atoms with Crippen molar-refractivity contribution in [3.8, 4) is 0 Å². The average molecular weight is 293 g/mol. The Morgan fingerprint density at radius 1 is 1.29 bits per heavy atom. The van der Waals surface area contributed by atoms with Crippen molar-refractivity contribution in [2.75, 3.05) is 6.61 Å². The van der Waals surface area contributed by atoms with Crippen LogP contribution in [0.4, 0.5) is 0 Å². The maximum Gasteiger partial charge on any atom is 0.230 e. The molecule has 2 N–H and O–H groups in total. The van der Waals surface area contributed by atoms with Crippen LogP contribution in [0.3, 0.4) is 0 Å². The van der Waals surface area contributed by atoms with E-state index in [0.717, 1.165) is 12.8 Å². The first kappa shape index (κ1) is 15.0. The minimum absolute atomic E-state index is 0.185. The lowest BCUT2D eigenvalue weighted by Gasteiger charge is -2.29. The van der Waals surface area contributed by atoms with Crippen LogP contribution in [-0.2, 0) is 10.3 Å². The molecule has 2 aliphatic rings. The van der Waals surface area contributed by atoms with Gasteiger partial charge >= 0.3 is 0 Å². The van der Waals surface area contributed by atoms with E-state index in [9.17, 15) is 0 Å². The minimum atomic E-state index is -0.694. The molecule has 0 saturated heterocycles. The molecular weight excluding hydrogens is 266 g/mol. The Kier molecular flexibility index (Phi) is 3.23. The third-order valence-electron chi connectivity index (χ3n) is 5.89. The Hall–Kier alpha value is -0.940. The van der Waals surface area contributed by atoms with E-state index >= 15 is 0 Å². The lowest BCUT2D eigenvalue weighted by atomic mass is 9.95. The van der Waals surface area contributed by atoms with Crippen molar-refractivity contribution in [2.45, 2.75) is 71.4 Å². The summed E-state index contributed by atoms with van der Waals surface area (Å²) >= 11 is 0. The molecule has 3 rings (SSSR count). The van der Waals surface area contributed by atoms with Gasteiger partial charge < -0.3 is 15.0 Å². The van der Waals surface area contributed by atoms with E-state index in [4.69, 9.17) is 15.0 Å². The van der Waals surface area contributed by atoms with Crippen LogP contribution in [-0.4, -0.2) is 22.9 Å². The number of nitrogens with zero attached hydrogens (tertiary/aromatic N) is 2. The minimum Gasteiger partial charge on any atom is -0.376 e. The van der Waals surface area contributed by atoms with E-state index in [2.05, 4.69) is 37.8 Å². The van der Waals surface area contributed by atoms with Gasteiger partial charge in [-0.15, -0.1) is 0 Å². The fourth-order valence-electron chi connectivity index (χ4n) is 3.29. The molecule has 1 heterocycles. The van der Waals surface area contributed by atoms with Gasteiger partial charge in [-0.3, -0.25) is 0 Å². The Morgan fingerprint density at radius 3 is 2.38 bits per heavy atom. The number of rotatable bonds is 5. The van der Waals surface area contributed by atoms with Gasteiger partial charge in [0.25, 0.3) is 0 Å². The number of hydrogen-bond donors (Lipinski definition) is 1. The molecule has 2 aliphatic carbocycles. The molecule has 21 heavy (non-hydrogen) atoms. The average Bonchev–Trinajstić information content (AvgIpc) is 2.68. The first-order chi connectivity index (χ1) is 9.66. The summed E-state index contributed by atoms with van der Waals surface area (Å²) in [4.78, 5) is 4.57. The molecular formula is C16H27N3O2. The van der Waals surface area contributed by atoms with Crippen LogP contribution in [0, 0.1) is 10.8 Å². The monoisotopic (exact) mass is 293 g/mol. The smallest absolute Gasteiger partial charge is 0.230 e. The normalized spacial score (nSPS) is 27.1. The maximum absolute atomic E-state index is 6.32. The topological polar surface area (TPSA) is 74.2 Å². The lowest BCUT2D eigenvalue weighted by Crippen LogP contribution is -2.41. The predicted molar refractivity (Wildman–Crippen MR) is 79.7 cm³/mol. The van der Waals surface area contributed by atoms with Crippen molar-refractivity contribution in [3.63, 3.8) is 0 Å². The largest absolute Gasteiger partial charge is 0.376 e. The van der Waals surface area contributed by atoms with Gasteiger partial charge in [0.2, 0.25) is 5.89 Å². The predicted octanol–water partition coefficient (Wildman–Crippen LogP) is 2.96. The van der Waals surface area contributed by atoms with Gasteiger partial charge in [0.15, 0.2) is 5.82 Å². The van der Waals surface area contributed by atoms with Crippen LogP contribution in [0.25, 0.3) is 0 Å². The highest BCUT2D eigenvalue weighted by molar-refractivity contribution is 5.25. The maximum atomic E-state index is 6.32. The van der Waals surface area contributed by atoms with Crippen molar-refractivity contribution in [1.29, 1.82) is 0 Å². The summed E-state index contributed by atoms with van der Waals surface area (Å²) in [6.45, 7) is 11.3. The standard InChI is InChI=1S/C16H27N3O2/c1-14(2)11(15(14,3)4)12-18-13(19-21-12)16(5,17)9-20-10-7-6-8-10/h10-11H,6-9,17H2,1-5H3. The lowest BCUT2D eigenvalue weighted by molar-refractivity contribution is -0.0222. The Labute approximate surface area is 126 Å². The molecule has 1 aromatic heterocycles. The molecule has 2 saturated carbocycles. The molecule has 5 heteroatoms. The van der Waals surface area contributed by atoms with E-state index < -0.39 is 5.54 Å². The summed E-state index contributed by atoms with van der Waals surface area (Å²) in [5.41, 5.74) is 6.00. The molecule has 0 amide bonds. The molecule has 0 aromatic carbocycles. The van der Waals surface area contributed by atoms with Crippen molar-refractivity contribution in [3.05, 3.63) is 11.7 Å². The highest BCUT2D eigenvalue weighted by atomic mass is 16.5. The number of nitrogens with two attached hydrogens (primary N) is 1. The number of hydrogen-bond acceptors (Lipinski definition) is 5. The van der Waals surface area contributed by atoms with Gasteiger partial charge in [0.05, 0.1) is 12.7 Å². The third kappa shape index (κ3) is 2.30. The highest BCUT2D eigenvalue weighted by Crippen LogP contribution is 2.73. The fraction of sp³-hybridized carbons (Fsp3) is 0.875. The molecule has 0 bridgehead atoms. The van der Waals surface area contributed by atoms with Crippen molar-refractivity contribution < 1.29 is 9.26 Å². The molecule has 0 aliphatic heterocycles. The van der Waals surface area contributed by atoms with Gasteiger partial charge in [0.1, 0.15) is 5.54 Å². The fourth-order valence-corrected chi connectivity index (χ4v) is 3.29. The molecule has 5 nitrogen and oxygen atoms in total. The van der Waals surface area contributed by atoms with E-state index in [1.165, 1.54) is 6.42 Å². The molecule has 1 aromatic rings. The van der Waals surface area contributed by atoms with Crippen LogP contribution in [0.15, 0.2) is 4.52 Å². The molecule has 0 spiro atoms. The van der Waals surface area contributed by atoms with E-state index in [-0.39, 0.29) is 10.8 Å². The van der Waals surface area contributed by atoms with Gasteiger partial charge in [0, 0.05) is 5.92 Å². The summed E-state index contributed by atoms with van der Waals surface area (Å²) in [5.74, 6) is 1.56. The molecule has 1 unspecified atom stereocenters. The van der Waals surface area contributed by atoms with Gasteiger partial charge in [-0.1, -0.05) is 32.9 Å². The third-order valence-corrected chi connectivity index (χ3v) is 5.89. The Balaban J connectivity index is 1.69. The van der Waals surface area contributed by atoms with Crippen LogP contribution in [0.1, 0.15) is 71.5 Å². The molecule has 118 valence electrons. The first-order valence-corrected chi connectivity index (χ1v) is 7.91. The van der Waals surface area contributed by atoms with Crippen LogP contribution >= 0.6 is 0 Å². The Bertz CT molecular complexity index is 515. The van der Waals surface area contributed by atoms with Crippen LogP contribution in [0.5, 0.6) is 0 Å². The summed E-state index contributed by atoms with van der Waals surface area (Å²) < 4.78 is 11.3. The quantitative estimate of drug-likeness (QED) is 0.903. The summed E-state index contributed by atoms with van der Waals surface area (Å²) in [6, 6.07) is 0. The zero-order chi connectivity index (χ0) is 15.5. The van der Waals surface area contributed by atoms with Crippen molar-refractivity contribution >= 4 is 0 Å². The van der Waals surface area contributed by atoms with E-state index in [0.29, 0.717) is 30.3 Å². The van der Waals surface area contributed by atoms with Gasteiger partial charge in [-0.2, -0.15) is 4.98 Å². The second kappa shape index (κ2) is 4.53. The van der Waals surface area contributed by atoms with E-state index in [1.807, 2.05) is 6.92 Å². The Morgan fingerprint density at radius 2 is 1.90 bits per heavy atom. The second-order valence-electron chi connectivity index (χ2n) is 8.11. The second-order valence-corrected chi connectivity index (χ2v) is 8.11. The summed E-state index contributed by atoms with van der Waals surface area (Å²) in [7, 11) is 0. The summed E-state index contributed by atoms with van der Waals surface area (Å²) in [5, 5.41) is 4.11. The summed E-state index contributed by atoms with van der Waals surface area (Å²) in [6.07, 6.45) is 3.89.